The topological polar surface area (TPSA) is 21.8 Å². The van der Waals surface area contributed by atoms with Crippen LogP contribution in [0.5, 0.6) is 0 Å². The van der Waals surface area contributed by atoms with Crippen LogP contribution in [-0.4, -0.2) is 0 Å². The van der Waals surface area contributed by atoms with E-state index in [0.717, 1.165) is 74.4 Å². The molecule has 1 N–H and O–H groups in total. The van der Waals surface area contributed by atoms with Gasteiger partial charge in [0.1, 0.15) is 0 Å². The summed E-state index contributed by atoms with van der Waals surface area (Å²) in [5.74, 6) is 0. The molecule has 1 aliphatic carbocycles. The highest BCUT2D eigenvalue weighted by Gasteiger charge is 2.32. The maximum Gasteiger partial charge on any atom is 0.0849 e. The van der Waals surface area contributed by atoms with E-state index in [4.69, 9.17) is 0 Å². The lowest BCUT2D eigenvalue weighted by atomic mass is 9.81. The number of anilines is 9. The summed E-state index contributed by atoms with van der Waals surface area (Å²) in [6, 6.07) is 99.9. The number of hydrogen-bond acceptors (Lipinski definition) is 4. The Balaban J connectivity index is 0.886. The smallest absolute Gasteiger partial charge is 0.0849 e. The molecule has 344 valence electrons. The van der Waals surface area contributed by atoms with Crippen molar-refractivity contribution in [2.75, 3.05) is 20.0 Å². The van der Waals surface area contributed by atoms with Gasteiger partial charge in [0.25, 0.3) is 0 Å². The molecule has 72 heavy (non-hydrogen) atoms. The molecule has 4 nitrogen and oxygen atoms in total. The fourth-order valence-electron chi connectivity index (χ4n) is 10.3. The molecule has 0 heterocycles. The first-order valence-electron chi connectivity index (χ1n) is 24.7. The average Bonchev–Trinajstić information content (AvgIpc) is 3.46. The second kappa shape index (κ2) is 19.6. The fraction of sp³-hybridized carbons (Fsp3) is 0.0294. The van der Waals surface area contributed by atoms with Gasteiger partial charge in [-0.2, -0.15) is 0 Å². The van der Waals surface area contributed by atoms with Crippen molar-refractivity contribution in [1.82, 2.24) is 0 Å². The van der Waals surface area contributed by atoms with Gasteiger partial charge in [-0.15, -0.1) is 0 Å². The zero-order valence-electron chi connectivity index (χ0n) is 39.8. The largest absolute Gasteiger partial charge is 0.371 e. The first kappa shape index (κ1) is 43.9. The number of hydrogen-bond donors (Lipinski definition) is 1. The lowest BCUT2D eigenvalue weighted by Crippen LogP contribution is -2.35. The molecule has 0 saturated heterocycles. The Labute approximate surface area is 422 Å². The molecule has 11 aromatic rings. The molecule has 1 aliphatic rings. The molecule has 0 aliphatic heterocycles. The van der Waals surface area contributed by atoms with Gasteiger partial charge in [0.15, 0.2) is 0 Å². The van der Waals surface area contributed by atoms with E-state index < -0.39 is 5.54 Å². The average molecular weight is 925 g/mol. The third-order valence-corrected chi connectivity index (χ3v) is 13.9. The Morgan fingerprint density at radius 3 is 1.25 bits per heavy atom. The highest BCUT2D eigenvalue weighted by molar-refractivity contribution is 5.99. The number of allylic oxidation sites excluding steroid dienone is 1. The second-order valence-corrected chi connectivity index (χ2v) is 18.3. The Morgan fingerprint density at radius 1 is 0.319 bits per heavy atom. The van der Waals surface area contributed by atoms with Gasteiger partial charge in [0, 0.05) is 62.0 Å². The minimum Gasteiger partial charge on any atom is -0.371 e. The molecule has 0 amide bonds. The van der Waals surface area contributed by atoms with Gasteiger partial charge < -0.3 is 20.0 Å². The van der Waals surface area contributed by atoms with Crippen LogP contribution in [0.15, 0.2) is 303 Å². The van der Waals surface area contributed by atoms with Crippen molar-refractivity contribution in [3.63, 3.8) is 0 Å². The van der Waals surface area contributed by atoms with E-state index in [2.05, 4.69) is 317 Å². The third-order valence-electron chi connectivity index (χ3n) is 13.9. The van der Waals surface area contributed by atoms with Crippen LogP contribution in [0, 0.1) is 0 Å². The van der Waals surface area contributed by atoms with Crippen molar-refractivity contribution in [2.24, 2.45) is 0 Å². The molecule has 0 fully saturated rings. The number of nitrogens with one attached hydrogen (secondary N) is 1. The highest BCUT2D eigenvalue weighted by Crippen LogP contribution is 2.44. The van der Waals surface area contributed by atoms with Crippen molar-refractivity contribution in [2.45, 2.75) is 12.0 Å². The van der Waals surface area contributed by atoms with E-state index in [1.807, 2.05) is 0 Å². The number of benzene rings is 11. The SMILES string of the molecule is C1=CC(Nc2cccc3ccccc23)(c2ccc(-c3ccc(N(c4ccc(N(c5ccccc5)c5ccccc5)cc4)c4cccc5ccccc45)cc3)cc2)CC=C1N(c1ccccc1)c1ccccc1. The van der Waals surface area contributed by atoms with Crippen LogP contribution in [0.25, 0.3) is 32.7 Å². The maximum absolute atomic E-state index is 4.08. The van der Waals surface area contributed by atoms with Crippen LogP contribution < -0.4 is 20.0 Å². The minimum absolute atomic E-state index is 0.511. The molecule has 0 bridgehead atoms. The molecule has 1 atom stereocenters. The van der Waals surface area contributed by atoms with Gasteiger partial charge in [0.05, 0.1) is 11.2 Å². The molecule has 11 aromatic carbocycles. The lowest BCUT2D eigenvalue weighted by Gasteiger charge is -2.37. The molecule has 0 spiro atoms. The minimum atomic E-state index is -0.511. The van der Waals surface area contributed by atoms with E-state index in [9.17, 15) is 0 Å². The summed E-state index contributed by atoms with van der Waals surface area (Å²) in [4.78, 5) is 7.02. The predicted molar refractivity (Wildman–Crippen MR) is 305 cm³/mol. The van der Waals surface area contributed by atoms with E-state index in [-0.39, 0.29) is 0 Å². The lowest BCUT2D eigenvalue weighted by molar-refractivity contribution is 0.614. The number of nitrogens with zero attached hydrogens (tertiary/aromatic N) is 3. The molecule has 4 heteroatoms. The van der Waals surface area contributed by atoms with Gasteiger partial charge in [-0.1, -0.05) is 194 Å². The molecule has 0 radical (unpaired) electrons. The predicted octanol–water partition coefficient (Wildman–Crippen LogP) is 18.6. The normalized spacial score (nSPS) is 14.1. The van der Waals surface area contributed by atoms with E-state index in [1.165, 1.54) is 27.1 Å². The van der Waals surface area contributed by atoms with Crippen LogP contribution in [0.1, 0.15) is 12.0 Å². The summed E-state index contributed by atoms with van der Waals surface area (Å²) >= 11 is 0. The Morgan fingerprint density at radius 2 is 0.722 bits per heavy atom. The number of rotatable bonds is 13. The van der Waals surface area contributed by atoms with Crippen LogP contribution in [0.4, 0.5) is 51.2 Å². The molecule has 12 rings (SSSR count). The maximum atomic E-state index is 4.08. The van der Waals surface area contributed by atoms with Crippen LogP contribution >= 0.6 is 0 Å². The Hall–Kier alpha value is -9.38. The van der Waals surface area contributed by atoms with Gasteiger partial charge in [-0.05, 0) is 137 Å². The van der Waals surface area contributed by atoms with Crippen molar-refractivity contribution < 1.29 is 0 Å². The van der Waals surface area contributed by atoms with Crippen LogP contribution in [0.2, 0.25) is 0 Å². The van der Waals surface area contributed by atoms with Crippen LogP contribution in [-0.2, 0) is 5.54 Å². The molecular formula is C68H52N4. The van der Waals surface area contributed by atoms with Crippen molar-refractivity contribution in [3.8, 4) is 11.1 Å². The number of para-hydroxylation sites is 4. The van der Waals surface area contributed by atoms with E-state index >= 15 is 0 Å². The number of fused-ring (bicyclic) bond motifs is 2. The van der Waals surface area contributed by atoms with Gasteiger partial charge >= 0.3 is 0 Å². The fourth-order valence-corrected chi connectivity index (χ4v) is 10.3. The summed E-state index contributed by atoms with van der Waals surface area (Å²) in [5, 5.41) is 8.88. The summed E-state index contributed by atoms with van der Waals surface area (Å²) in [6.45, 7) is 0. The third kappa shape index (κ3) is 8.67. The highest BCUT2D eigenvalue weighted by atomic mass is 15.2. The monoisotopic (exact) mass is 924 g/mol. The standard InChI is InChI=1S/C68H52N4/c1-5-23-56(24-6-1)70(57-25-7-2-8-26-57)60-43-45-62(46-44-60)72(67-34-18-22-54-20-14-16-32-65(54)67)61-41-37-52(38-42-61)51-35-39-55(40-36-51)68(69-66-33-17-21-53-19-13-15-31-64(53)66)49-47-63(48-50-68)71(58-27-9-3-10-28-58)59-29-11-4-12-30-59/h1-49,69H,50H2. The van der Waals surface area contributed by atoms with Gasteiger partial charge in [0.2, 0.25) is 0 Å². The van der Waals surface area contributed by atoms with Crippen molar-refractivity contribution >= 4 is 72.7 Å². The summed E-state index contributed by atoms with van der Waals surface area (Å²) in [5.41, 5.74) is 14.1. The zero-order valence-corrected chi connectivity index (χ0v) is 39.8. The summed E-state index contributed by atoms with van der Waals surface area (Å²) in [6.07, 6.45) is 7.77. The quantitative estimate of drug-likeness (QED) is 0.124. The second-order valence-electron chi connectivity index (χ2n) is 18.3. The van der Waals surface area contributed by atoms with Gasteiger partial charge in [-0.25, -0.2) is 0 Å². The van der Waals surface area contributed by atoms with Crippen molar-refractivity contribution in [1.29, 1.82) is 0 Å². The van der Waals surface area contributed by atoms with Gasteiger partial charge in [-0.3, -0.25) is 0 Å². The molecule has 1 unspecified atom stereocenters. The first-order chi connectivity index (χ1) is 35.7. The Bertz CT molecular complexity index is 3580. The van der Waals surface area contributed by atoms with Crippen LogP contribution in [0.3, 0.4) is 0 Å². The van der Waals surface area contributed by atoms with E-state index in [0.29, 0.717) is 0 Å². The van der Waals surface area contributed by atoms with E-state index in [1.54, 1.807) is 0 Å². The molecular weight excluding hydrogens is 873 g/mol. The van der Waals surface area contributed by atoms with Crippen molar-refractivity contribution in [3.05, 3.63) is 309 Å². The summed E-state index contributed by atoms with van der Waals surface area (Å²) in [7, 11) is 0. The first-order valence-corrected chi connectivity index (χ1v) is 24.7. The summed E-state index contributed by atoms with van der Waals surface area (Å²) < 4.78 is 0. The molecule has 0 aromatic heterocycles. The molecule has 0 saturated carbocycles. The zero-order chi connectivity index (χ0) is 48.1. The Kier molecular flexibility index (Phi) is 11.9.